The zero-order valence-electron chi connectivity index (χ0n) is 21.3. The first kappa shape index (κ1) is 27.1. The number of rotatable bonds is 8. The first-order chi connectivity index (χ1) is 16.0. The van der Waals surface area contributed by atoms with E-state index in [9.17, 15) is 9.90 Å². The Bertz CT molecular complexity index is 1000. The van der Waals surface area contributed by atoms with Crippen molar-refractivity contribution in [1.82, 2.24) is 24.8 Å². The van der Waals surface area contributed by atoms with Crippen LogP contribution in [0.2, 0.25) is 0 Å². The Labute approximate surface area is 203 Å². The molecule has 2 aromatic rings. The van der Waals surface area contributed by atoms with Crippen molar-refractivity contribution in [1.29, 1.82) is 0 Å². The fourth-order valence-electron chi connectivity index (χ4n) is 3.01. The zero-order valence-corrected chi connectivity index (χ0v) is 21.3. The molecule has 0 bridgehead atoms. The van der Waals surface area contributed by atoms with E-state index in [0.717, 1.165) is 48.2 Å². The Morgan fingerprint density at radius 3 is 2.62 bits per heavy atom. The SMILES string of the molecule is CC(=O)N(C)CCCc1cc(-c2ncnc(NC3=CCCC(CO)=C3)n2)ccn1.CC(C)(C)C. The molecule has 0 spiro atoms. The third-order valence-electron chi connectivity index (χ3n) is 4.76. The highest BCUT2D eigenvalue weighted by Gasteiger charge is 2.09. The molecule has 0 saturated carbocycles. The van der Waals surface area contributed by atoms with Gasteiger partial charge in [-0.2, -0.15) is 4.98 Å². The minimum absolute atomic E-state index is 0.0590. The maximum Gasteiger partial charge on any atom is 0.230 e. The van der Waals surface area contributed by atoms with Gasteiger partial charge in [-0.25, -0.2) is 9.97 Å². The molecule has 0 fully saturated rings. The number of hydrogen-bond acceptors (Lipinski definition) is 7. The van der Waals surface area contributed by atoms with Crippen molar-refractivity contribution in [3.05, 3.63) is 53.8 Å². The second-order valence-corrected chi connectivity index (χ2v) is 10.00. The van der Waals surface area contributed by atoms with E-state index in [0.29, 0.717) is 23.7 Å². The normalized spacial score (nSPS) is 13.3. The van der Waals surface area contributed by atoms with Crippen molar-refractivity contribution in [3.63, 3.8) is 0 Å². The largest absolute Gasteiger partial charge is 0.392 e. The number of carbonyl (C=O) groups is 1. The minimum Gasteiger partial charge on any atom is -0.392 e. The molecule has 8 nitrogen and oxygen atoms in total. The number of pyridine rings is 1. The number of hydrogen-bond donors (Lipinski definition) is 2. The predicted molar refractivity (Wildman–Crippen MR) is 136 cm³/mol. The number of allylic oxidation sites excluding steroid dienone is 2. The fourth-order valence-corrected chi connectivity index (χ4v) is 3.01. The molecule has 1 aliphatic rings. The molecule has 1 amide bonds. The summed E-state index contributed by atoms with van der Waals surface area (Å²) in [5.74, 6) is 1.08. The summed E-state index contributed by atoms with van der Waals surface area (Å²) in [7, 11) is 1.80. The molecule has 2 heterocycles. The van der Waals surface area contributed by atoms with Crippen LogP contribution in [0.5, 0.6) is 0 Å². The Balaban J connectivity index is 0.000000739. The lowest BCUT2D eigenvalue weighted by molar-refractivity contribution is -0.127. The molecule has 0 unspecified atom stereocenters. The minimum atomic E-state index is 0.0590. The Kier molecular flexibility index (Phi) is 10.3. The van der Waals surface area contributed by atoms with Gasteiger partial charge in [-0.3, -0.25) is 9.78 Å². The maximum absolute atomic E-state index is 11.3. The van der Waals surface area contributed by atoms with Crippen LogP contribution in [-0.4, -0.2) is 56.0 Å². The van der Waals surface area contributed by atoms with Gasteiger partial charge in [0.25, 0.3) is 0 Å². The van der Waals surface area contributed by atoms with Crippen molar-refractivity contribution >= 4 is 11.9 Å². The predicted octanol–water partition coefficient (Wildman–Crippen LogP) is 4.41. The number of anilines is 1. The van der Waals surface area contributed by atoms with E-state index in [4.69, 9.17) is 0 Å². The van der Waals surface area contributed by atoms with Gasteiger partial charge in [0, 0.05) is 43.7 Å². The quantitative estimate of drug-likeness (QED) is 0.594. The first-order valence-corrected chi connectivity index (χ1v) is 11.7. The third-order valence-corrected chi connectivity index (χ3v) is 4.76. The van der Waals surface area contributed by atoms with E-state index >= 15 is 0 Å². The number of aliphatic hydroxyl groups excluding tert-OH is 1. The lowest BCUT2D eigenvalue weighted by Crippen LogP contribution is -2.25. The second-order valence-electron chi connectivity index (χ2n) is 10.00. The van der Waals surface area contributed by atoms with Gasteiger partial charge in [0.05, 0.1) is 6.61 Å². The molecule has 0 aromatic carbocycles. The summed E-state index contributed by atoms with van der Waals surface area (Å²) in [5, 5.41) is 12.5. The number of amides is 1. The maximum atomic E-state index is 11.3. The van der Waals surface area contributed by atoms with Crippen molar-refractivity contribution in [3.8, 4) is 11.4 Å². The number of aryl methyl sites for hydroxylation is 1. The summed E-state index contributed by atoms with van der Waals surface area (Å²) in [6, 6.07) is 3.84. The highest BCUT2D eigenvalue weighted by atomic mass is 16.3. The topological polar surface area (TPSA) is 104 Å². The van der Waals surface area contributed by atoms with Crippen molar-refractivity contribution in [2.24, 2.45) is 5.41 Å². The van der Waals surface area contributed by atoms with Gasteiger partial charge >= 0.3 is 0 Å². The van der Waals surface area contributed by atoms with Crippen LogP contribution in [0.15, 0.2) is 48.1 Å². The van der Waals surface area contributed by atoms with Crippen LogP contribution in [0.1, 0.15) is 59.6 Å². The van der Waals surface area contributed by atoms with Gasteiger partial charge in [0.15, 0.2) is 5.82 Å². The molecule has 0 atom stereocenters. The lowest BCUT2D eigenvalue weighted by atomic mass is 10.0. The van der Waals surface area contributed by atoms with Gasteiger partial charge in [-0.1, -0.05) is 33.8 Å². The summed E-state index contributed by atoms with van der Waals surface area (Å²) >= 11 is 0. The highest BCUT2D eigenvalue weighted by Crippen LogP contribution is 2.20. The van der Waals surface area contributed by atoms with Gasteiger partial charge in [0.2, 0.25) is 11.9 Å². The van der Waals surface area contributed by atoms with Gasteiger partial charge in [0.1, 0.15) is 6.33 Å². The number of nitrogens with zero attached hydrogens (tertiary/aromatic N) is 5. The van der Waals surface area contributed by atoms with Crippen LogP contribution >= 0.6 is 0 Å². The van der Waals surface area contributed by atoms with Crippen LogP contribution in [0, 0.1) is 5.41 Å². The molecule has 8 heteroatoms. The fraction of sp³-hybridized carbons (Fsp3) is 0.500. The number of nitrogens with one attached hydrogen (secondary N) is 1. The smallest absolute Gasteiger partial charge is 0.230 e. The van der Waals surface area contributed by atoms with Crippen molar-refractivity contribution in [2.75, 3.05) is 25.5 Å². The summed E-state index contributed by atoms with van der Waals surface area (Å²) in [4.78, 5) is 30.4. The molecule has 2 N–H and O–H groups in total. The molecular formula is C26H38N6O2. The van der Waals surface area contributed by atoms with Gasteiger partial charge in [-0.05, 0) is 54.9 Å². The molecule has 0 saturated heterocycles. The van der Waals surface area contributed by atoms with E-state index in [2.05, 4.69) is 59.0 Å². The third kappa shape index (κ3) is 10.2. The molecule has 0 aliphatic heterocycles. The summed E-state index contributed by atoms with van der Waals surface area (Å²) in [6.07, 6.45) is 10.6. The average molecular weight is 467 g/mol. The van der Waals surface area contributed by atoms with E-state index in [1.165, 1.54) is 6.33 Å². The Hall–Kier alpha value is -3.13. The Morgan fingerprint density at radius 1 is 1.21 bits per heavy atom. The molecule has 184 valence electrons. The van der Waals surface area contributed by atoms with Crippen LogP contribution in [-0.2, 0) is 11.2 Å². The van der Waals surface area contributed by atoms with Crippen molar-refractivity contribution in [2.45, 2.75) is 60.3 Å². The molecular weight excluding hydrogens is 428 g/mol. The number of aromatic nitrogens is 4. The lowest BCUT2D eigenvalue weighted by Gasteiger charge is -2.14. The van der Waals surface area contributed by atoms with Gasteiger partial charge in [-0.15, -0.1) is 0 Å². The van der Waals surface area contributed by atoms with Crippen LogP contribution in [0.25, 0.3) is 11.4 Å². The van der Waals surface area contributed by atoms with Gasteiger partial charge < -0.3 is 15.3 Å². The average Bonchev–Trinajstić information content (AvgIpc) is 2.78. The molecule has 34 heavy (non-hydrogen) atoms. The highest BCUT2D eigenvalue weighted by molar-refractivity contribution is 5.72. The summed E-state index contributed by atoms with van der Waals surface area (Å²) in [5.41, 5.74) is 4.16. The zero-order chi connectivity index (χ0) is 25.1. The molecule has 0 radical (unpaired) electrons. The Morgan fingerprint density at radius 2 is 1.94 bits per heavy atom. The van der Waals surface area contributed by atoms with Crippen LogP contribution < -0.4 is 5.32 Å². The number of aliphatic hydroxyl groups is 1. The monoisotopic (exact) mass is 466 g/mol. The molecule has 1 aliphatic carbocycles. The summed E-state index contributed by atoms with van der Waals surface area (Å²) < 4.78 is 0. The first-order valence-electron chi connectivity index (χ1n) is 11.7. The van der Waals surface area contributed by atoms with E-state index in [-0.39, 0.29) is 12.5 Å². The summed E-state index contributed by atoms with van der Waals surface area (Å²) in [6.45, 7) is 11.1. The molecule has 2 aromatic heterocycles. The van der Waals surface area contributed by atoms with Crippen molar-refractivity contribution < 1.29 is 9.90 Å². The molecule has 3 rings (SSSR count). The second kappa shape index (κ2) is 12.9. The van der Waals surface area contributed by atoms with E-state index < -0.39 is 0 Å². The standard InChI is InChI=1S/C21H26N6O2.C5H12/c1-15(29)27(2)10-4-7-18-12-17(8-9-22-18)20-23-14-24-21(26-20)25-19-6-3-5-16(11-19)13-28;1-5(2,3)4/h6,8-9,11-12,14,28H,3-5,7,10,13H2,1-2H3,(H,23,24,25,26);1-4H3. The van der Waals surface area contributed by atoms with Crippen LogP contribution in [0.3, 0.4) is 0 Å². The number of carbonyl (C=O) groups excluding carboxylic acids is 1. The van der Waals surface area contributed by atoms with E-state index in [1.54, 1.807) is 25.1 Å². The van der Waals surface area contributed by atoms with E-state index in [1.807, 2.05) is 18.2 Å². The van der Waals surface area contributed by atoms with Crippen LogP contribution in [0.4, 0.5) is 5.95 Å².